The average Bonchev–Trinajstić information content (AvgIpc) is 3.35. The maximum Gasteiger partial charge on any atom is 0.316 e. The first-order chi connectivity index (χ1) is 14.4. The molecule has 30 heavy (non-hydrogen) atoms. The zero-order valence-corrected chi connectivity index (χ0v) is 17.3. The minimum absolute atomic E-state index is 0.110. The molecule has 0 atom stereocenters. The molecule has 0 aliphatic heterocycles. The Kier molecular flexibility index (Phi) is 7.02. The van der Waals surface area contributed by atoms with Crippen LogP contribution in [0.1, 0.15) is 27.6 Å². The summed E-state index contributed by atoms with van der Waals surface area (Å²) >= 11 is 5.79. The highest BCUT2D eigenvalue weighted by Crippen LogP contribution is 2.16. The van der Waals surface area contributed by atoms with E-state index in [-0.39, 0.29) is 43.9 Å². The van der Waals surface area contributed by atoms with Gasteiger partial charge in [-0.25, -0.2) is 0 Å². The van der Waals surface area contributed by atoms with Crippen molar-refractivity contribution in [2.45, 2.75) is 20.4 Å². The lowest BCUT2D eigenvalue weighted by molar-refractivity contribution is -0.123. The number of benzene rings is 1. The topological polar surface area (TPSA) is 124 Å². The van der Waals surface area contributed by atoms with Gasteiger partial charge >= 0.3 is 11.8 Å². The lowest BCUT2D eigenvalue weighted by Crippen LogP contribution is -2.36. The Morgan fingerprint density at radius 2 is 2.00 bits per heavy atom. The van der Waals surface area contributed by atoms with Crippen molar-refractivity contribution < 1.29 is 18.8 Å². The van der Waals surface area contributed by atoms with Gasteiger partial charge in [-0.05, 0) is 37.1 Å². The average molecular weight is 433 g/mol. The summed E-state index contributed by atoms with van der Waals surface area (Å²) in [5.74, 6) is -0.0798. The van der Waals surface area contributed by atoms with Crippen LogP contribution in [0.15, 0.2) is 35.1 Å². The molecule has 158 valence electrons. The summed E-state index contributed by atoms with van der Waals surface area (Å²) in [6.07, 6.45) is 3.08. The van der Waals surface area contributed by atoms with Crippen LogP contribution in [0.25, 0.3) is 0 Å². The van der Waals surface area contributed by atoms with E-state index in [4.69, 9.17) is 20.9 Å². The Morgan fingerprint density at radius 3 is 2.73 bits per heavy atom. The van der Waals surface area contributed by atoms with E-state index in [1.807, 2.05) is 32.0 Å². The molecule has 2 amide bonds. The van der Waals surface area contributed by atoms with Crippen molar-refractivity contribution in [1.29, 1.82) is 0 Å². The van der Waals surface area contributed by atoms with Crippen LogP contribution in [-0.2, 0) is 11.3 Å². The molecular weight excluding hydrogens is 412 g/mol. The predicted molar refractivity (Wildman–Crippen MR) is 107 cm³/mol. The molecule has 0 saturated carbocycles. The summed E-state index contributed by atoms with van der Waals surface area (Å²) in [4.78, 5) is 27.9. The molecule has 0 spiro atoms. The van der Waals surface area contributed by atoms with Crippen molar-refractivity contribution in [3.63, 3.8) is 0 Å². The first kappa shape index (κ1) is 21.3. The minimum atomic E-state index is -0.534. The number of ether oxygens (including phenoxy) is 1. The largest absolute Gasteiger partial charge is 0.484 e. The van der Waals surface area contributed by atoms with Crippen LogP contribution in [-0.4, -0.2) is 51.4 Å². The quantitative estimate of drug-likeness (QED) is 0.491. The number of amides is 2. The van der Waals surface area contributed by atoms with E-state index in [0.29, 0.717) is 10.8 Å². The lowest BCUT2D eigenvalue weighted by atomic mass is 10.1. The van der Waals surface area contributed by atoms with Gasteiger partial charge in [0.2, 0.25) is 0 Å². The standard InChI is InChI=1S/C19H21ClN6O4/c1-12-3-4-15(7-13(12)2)29-11-17(27)21-5-6-22-18(28)19-24-16(25-30-19)10-26-9-14(20)8-23-26/h3-4,7-9H,5-6,10-11H2,1-2H3,(H,21,27)(H,22,28). The molecule has 11 heteroatoms. The molecule has 10 nitrogen and oxygen atoms in total. The third kappa shape index (κ3) is 6.05. The predicted octanol–water partition coefficient (Wildman–Crippen LogP) is 1.51. The van der Waals surface area contributed by atoms with Crippen LogP contribution in [0.2, 0.25) is 5.02 Å². The summed E-state index contributed by atoms with van der Waals surface area (Å²) in [6.45, 7) is 4.52. The third-order valence-electron chi connectivity index (χ3n) is 4.15. The normalized spacial score (nSPS) is 10.6. The number of hydrogen-bond donors (Lipinski definition) is 2. The van der Waals surface area contributed by atoms with E-state index in [2.05, 4.69) is 25.9 Å². The zero-order chi connectivity index (χ0) is 21.5. The van der Waals surface area contributed by atoms with Crippen LogP contribution in [0.5, 0.6) is 5.75 Å². The van der Waals surface area contributed by atoms with Gasteiger partial charge in [-0.2, -0.15) is 10.1 Å². The molecule has 0 radical (unpaired) electrons. The zero-order valence-electron chi connectivity index (χ0n) is 16.5. The van der Waals surface area contributed by atoms with E-state index in [0.717, 1.165) is 11.1 Å². The van der Waals surface area contributed by atoms with Crippen LogP contribution < -0.4 is 15.4 Å². The molecule has 0 unspecified atom stereocenters. The summed E-state index contributed by atoms with van der Waals surface area (Å²) in [5, 5.41) is 13.5. The molecule has 0 fully saturated rings. The second-order valence-electron chi connectivity index (χ2n) is 6.51. The Balaban J connectivity index is 1.35. The first-order valence-electron chi connectivity index (χ1n) is 9.16. The highest BCUT2D eigenvalue weighted by atomic mass is 35.5. The molecule has 0 bridgehead atoms. The number of halogens is 1. The second kappa shape index (κ2) is 9.88. The number of aryl methyl sites for hydroxylation is 2. The highest BCUT2D eigenvalue weighted by molar-refractivity contribution is 6.30. The fraction of sp³-hybridized carbons (Fsp3) is 0.316. The van der Waals surface area contributed by atoms with Gasteiger partial charge < -0.3 is 19.9 Å². The molecule has 3 rings (SSSR count). The Morgan fingerprint density at radius 1 is 1.20 bits per heavy atom. The van der Waals surface area contributed by atoms with Crippen LogP contribution in [0, 0.1) is 13.8 Å². The van der Waals surface area contributed by atoms with Crippen molar-refractivity contribution in [3.8, 4) is 5.75 Å². The first-order valence-corrected chi connectivity index (χ1v) is 9.54. The van der Waals surface area contributed by atoms with Crippen molar-refractivity contribution in [1.82, 2.24) is 30.6 Å². The monoisotopic (exact) mass is 432 g/mol. The molecule has 0 aliphatic carbocycles. The summed E-state index contributed by atoms with van der Waals surface area (Å²) in [5.41, 5.74) is 2.25. The van der Waals surface area contributed by atoms with E-state index < -0.39 is 5.91 Å². The van der Waals surface area contributed by atoms with Gasteiger partial charge in [0.1, 0.15) is 12.3 Å². The number of carbonyl (C=O) groups excluding carboxylic acids is 2. The molecule has 3 aromatic rings. The lowest BCUT2D eigenvalue weighted by Gasteiger charge is -2.09. The van der Waals surface area contributed by atoms with Crippen molar-refractivity contribution in [2.75, 3.05) is 19.7 Å². The fourth-order valence-electron chi connectivity index (χ4n) is 2.44. The van der Waals surface area contributed by atoms with Gasteiger partial charge in [0.05, 0.1) is 11.2 Å². The Labute approximate surface area is 177 Å². The number of carbonyl (C=O) groups is 2. The van der Waals surface area contributed by atoms with E-state index in [1.165, 1.54) is 10.9 Å². The molecule has 1 aromatic carbocycles. The van der Waals surface area contributed by atoms with Crippen LogP contribution in [0.4, 0.5) is 0 Å². The number of hydrogen-bond acceptors (Lipinski definition) is 7. The minimum Gasteiger partial charge on any atom is -0.484 e. The summed E-state index contributed by atoms with van der Waals surface area (Å²) in [6, 6.07) is 5.63. The maximum atomic E-state index is 12.0. The van der Waals surface area contributed by atoms with Crippen LogP contribution in [0.3, 0.4) is 0 Å². The number of rotatable bonds is 9. The summed E-state index contributed by atoms with van der Waals surface area (Å²) in [7, 11) is 0. The maximum absolute atomic E-state index is 12.0. The third-order valence-corrected chi connectivity index (χ3v) is 4.34. The van der Waals surface area contributed by atoms with Gasteiger partial charge in [-0.3, -0.25) is 14.3 Å². The fourth-order valence-corrected chi connectivity index (χ4v) is 2.59. The molecule has 2 N–H and O–H groups in total. The van der Waals surface area contributed by atoms with E-state index in [9.17, 15) is 9.59 Å². The molecule has 2 heterocycles. The number of aromatic nitrogens is 4. The van der Waals surface area contributed by atoms with Gasteiger partial charge in [-0.15, -0.1) is 0 Å². The van der Waals surface area contributed by atoms with E-state index in [1.54, 1.807) is 6.20 Å². The van der Waals surface area contributed by atoms with E-state index >= 15 is 0 Å². The molecule has 0 saturated heterocycles. The Hall–Kier alpha value is -3.40. The summed E-state index contributed by atoms with van der Waals surface area (Å²) < 4.78 is 11.9. The highest BCUT2D eigenvalue weighted by Gasteiger charge is 2.15. The SMILES string of the molecule is Cc1ccc(OCC(=O)NCCNC(=O)c2nc(Cn3cc(Cl)cn3)no2)cc1C. The van der Waals surface area contributed by atoms with Gasteiger partial charge in [0.25, 0.3) is 5.91 Å². The van der Waals surface area contributed by atoms with Gasteiger partial charge in [0, 0.05) is 19.3 Å². The molecule has 0 aliphatic rings. The molecular formula is C19H21ClN6O4. The van der Waals surface area contributed by atoms with Crippen molar-refractivity contribution >= 4 is 23.4 Å². The van der Waals surface area contributed by atoms with Crippen LogP contribution >= 0.6 is 11.6 Å². The van der Waals surface area contributed by atoms with Gasteiger partial charge in [0.15, 0.2) is 12.4 Å². The smallest absolute Gasteiger partial charge is 0.316 e. The second-order valence-corrected chi connectivity index (χ2v) is 6.95. The van der Waals surface area contributed by atoms with Crippen molar-refractivity contribution in [3.05, 3.63) is 58.5 Å². The van der Waals surface area contributed by atoms with Gasteiger partial charge in [-0.1, -0.05) is 22.8 Å². The van der Waals surface area contributed by atoms with Crippen molar-refractivity contribution in [2.24, 2.45) is 0 Å². The molecule has 2 aromatic heterocycles. The Bertz CT molecular complexity index is 1030. The number of nitrogens with zero attached hydrogens (tertiary/aromatic N) is 4. The number of nitrogens with one attached hydrogen (secondary N) is 2.